The predicted octanol–water partition coefficient (Wildman–Crippen LogP) is 1.51. The third-order valence-electron chi connectivity index (χ3n) is 4.86. The van der Waals surface area contributed by atoms with Crippen molar-refractivity contribution in [2.75, 3.05) is 50.2 Å². The van der Waals surface area contributed by atoms with Gasteiger partial charge in [-0.2, -0.15) is 15.0 Å². The van der Waals surface area contributed by atoms with Crippen molar-refractivity contribution in [3.8, 4) is 0 Å². The number of nitrogens with one attached hydrogen (secondary N) is 1. The highest BCUT2D eigenvalue weighted by Crippen LogP contribution is 2.22. The number of morpholine rings is 1. The highest BCUT2D eigenvalue weighted by atomic mass is 19.1. The number of rotatable bonds is 8. The fourth-order valence-electron chi connectivity index (χ4n) is 3.37. The second kappa shape index (κ2) is 9.92. The number of methoxy groups -OCH3 is 1. The first-order valence-corrected chi connectivity index (χ1v) is 10.1. The Morgan fingerprint density at radius 1 is 1.19 bits per heavy atom. The van der Waals surface area contributed by atoms with E-state index in [1.165, 1.54) is 7.11 Å². The topological polar surface area (TPSA) is 103 Å². The molecule has 1 fully saturated rings. The van der Waals surface area contributed by atoms with Gasteiger partial charge in [0.15, 0.2) is 0 Å². The number of anilines is 2. The van der Waals surface area contributed by atoms with Gasteiger partial charge in [-0.3, -0.25) is 4.98 Å². The van der Waals surface area contributed by atoms with E-state index in [1.54, 1.807) is 6.33 Å². The van der Waals surface area contributed by atoms with E-state index in [4.69, 9.17) is 9.47 Å². The van der Waals surface area contributed by atoms with Gasteiger partial charge in [-0.05, 0) is 0 Å². The molecule has 1 atom stereocenters. The van der Waals surface area contributed by atoms with E-state index in [0.717, 1.165) is 18.0 Å². The van der Waals surface area contributed by atoms with Gasteiger partial charge in [-0.1, -0.05) is 0 Å². The second-order valence-corrected chi connectivity index (χ2v) is 7.35. The Labute approximate surface area is 183 Å². The van der Waals surface area contributed by atoms with E-state index in [0.29, 0.717) is 44.5 Å². The minimum atomic E-state index is -0.782. The lowest BCUT2D eigenvalue weighted by Crippen LogP contribution is -2.37. The maximum Gasteiger partial charge on any atom is 0.230 e. The van der Waals surface area contributed by atoms with Crippen molar-refractivity contribution >= 4 is 11.9 Å². The number of nitrogens with zero attached hydrogens (tertiary/aromatic N) is 7. The minimum Gasteiger partial charge on any atom is -0.382 e. The van der Waals surface area contributed by atoms with E-state index in [-0.39, 0.29) is 18.2 Å². The van der Waals surface area contributed by atoms with Crippen molar-refractivity contribution in [3.63, 3.8) is 0 Å². The number of aromatic nitrogens is 6. The fraction of sp³-hybridized carbons (Fsp3) is 0.450. The van der Waals surface area contributed by atoms with Crippen LogP contribution in [0.3, 0.4) is 0 Å². The molecule has 1 saturated heterocycles. The molecule has 170 valence electrons. The van der Waals surface area contributed by atoms with Crippen molar-refractivity contribution in [1.29, 1.82) is 0 Å². The normalized spacial score (nSPS) is 15.1. The van der Waals surface area contributed by atoms with Crippen LogP contribution in [-0.4, -0.2) is 69.5 Å². The maximum atomic E-state index is 14.4. The average Bonchev–Trinajstić information content (AvgIpc) is 3.18. The molecular formula is C20H24F2N8O2. The van der Waals surface area contributed by atoms with Crippen molar-refractivity contribution in [3.05, 3.63) is 53.6 Å². The smallest absolute Gasteiger partial charge is 0.230 e. The van der Waals surface area contributed by atoms with Crippen molar-refractivity contribution in [1.82, 2.24) is 29.5 Å². The van der Waals surface area contributed by atoms with Gasteiger partial charge in [0.05, 0.1) is 50.5 Å². The molecule has 0 aromatic carbocycles. The highest BCUT2D eigenvalue weighted by molar-refractivity contribution is 5.39. The minimum absolute atomic E-state index is 0.00728. The van der Waals surface area contributed by atoms with Gasteiger partial charge >= 0.3 is 0 Å². The zero-order valence-electron chi connectivity index (χ0n) is 17.8. The summed E-state index contributed by atoms with van der Waals surface area (Å²) in [4.78, 5) is 23.9. The molecule has 0 unspecified atom stereocenters. The summed E-state index contributed by atoms with van der Waals surface area (Å²) in [7, 11) is 3.37. The Morgan fingerprint density at radius 2 is 2.00 bits per heavy atom. The molecule has 3 aromatic heterocycles. The zero-order chi connectivity index (χ0) is 22.5. The predicted molar refractivity (Wildman–Crippen MR) is 111 cm³/mol. The molecule has 0 spiro atoms. The van der Waals surface area contributed by atoms with E-state index in [9.17, 15) is 8.78 Å². The Hall–Kier alpha value is -3.25. The molecule has 1 aliphatic heterocycles. The number of imidazole rings is 1. The summed E-state index contributed by atoms with van der Waals surface area (Å²) in [5.74, 6) is -0.308. The first-order chi connectivity index (χ1) is 15.5. The van der Waals surface area contributed by atoms with Gasteiger partial charge in [0.1, 0.15) is 23.2 Å². The molecule has 4 heterocycles. The van der Waals surface area contributed by atoms with Crippen LogP contribution in [0.1, 0.15) is 23.3 Å². The SMILES string of the molecule is COC[C@H](Nc1nc(Cc2cn(C)cn2)nc(N2CCOCC2)n1)c1ncc(F)cc1F. The van der Waals surface area contributed by atoms with Crippen LogP contribution < -0.4 is 10.2 Å². The van der Waals surface area contributed by atoms with E-state index >= 15 is 0 Å². The Bertz CT molecular complexity index is 1060. The third-order valence-corrected chi connectivity index (χ3v) is 4.86. The first-order valence-electron chi connectivity index (χ1n) is 10.1. The zero-order valence-corrected chi connectivity index (χ0v) is 17.8. The highest BCUT2D eigenvalue weighted by Gasteiger charge is 2.22. The van der Waals surface area contributed by atoms with E-state index in [1.807, 2.05) is 22.7 Å². The molecule has 1 N–H and O–H groups in total. The molecule has 0 bridgehead atoms. The Balaban J connectivity index is 1.66. The lowest BCUT2D eigenvalue weighted by atomic mass is 10.2. The van der Waals surface area contributed by atoms with Crippen LogP contribution in [0.2, 0.25) is 0 Å². The van der Waals surface area contributed by atoms with Crippen LogP contribution in [0.15, 0.2) is 24.8 Å². The average molecular weight is 446 g/mol. The van der Waals surface area contributed by atoms with Crippen molar-refractivity contribution in [2.24, 2.45) is 7.05 Å². The molecule has 0 amide bonds. The number of hydrogen-bond donors (Lipinski definition) is 1. The quantitative estimate of drug-likeness (QED) is 0.551. The lowest BCUT2D eigenvalue weighted by Gasteiger charge is -2.27. The molecular weight excluding hydrogens is 422 g/mol. The van der Waals surface area contributed by atoms with Crippen LogP contribution in [0.25, 0.3) is 0 Å². The summed E-state index contributed by atoms with van der Waals surface area (Å²) in [5.41, 5.74) is 0.810. The molecule has 32 heavy (non-hydrogen) atoms. The van der Waals surface area contributed by atoms with Gasteiger partial charge in [0.2, 0.25) is 11.9 Å². The molecule has 0 aliphatic carbocycles. The molecule has 0 saturated carbocycles. The number of halogens is 2. The standard InChI is InChI=1S/C20H24F2N8O2/c1-29-10-14(24-12-29)8-17-26-19(28-20(27-17)30-3-5-32-6-4-30)25-16(11-31-2)18-15(22)7-13(21)9-23-18/h7,9-10,12,16H,3-6,8,11H2,1-2H3,(H,25,26,27,28)/t16-/m0/s1. The Morgan fingerprint density at radius 3 is 2.69 bits per heavy atom. The van der Waals surface area contributed by atoms with Crippen LogP contribution in [0.5, 0.6) is 0 Å². The van der Waals surface area contributed by atoms with Crippen molar-refractivity contribution in [2.45, 2.75) is 12.5 Å². The number of ether oxygens (including phenoxy) is 2. The number of aryl methyl sites for hydroxylation is 1. The monoisotopic (exact) mass is 446 g/mol. The lowest BCUT2D eigenvalue weighted by molar-refractivity contribution is 0.122. The molecule has 10 nitrogen and oxygen atoms in total. The van der Waals surface area contributed by atoms with Gasteiger partial charge in [-0.15, -0.1) is 0 Å². The molecule has 3 aromatic rings. The first kappa shape index (κ1) is 22.0. The summed E-state index contributed by atoms with van der Waals surface area (Å²) in [6.45, 7) is 2.50. The van der Waals surface area contributed by atoms with Gasteiger partial charge < -0.3 is 24.3 Å². The third kappa shape index (κ3) is 5.32. The fourth-order valence-corrected chi connectivity index (χ4v) is 3.37. The van der Waals surface area contributed by atoms with Crippen LogP contribution in [0.4, 0.5) is 20.7 Å². The summed E-state index contributed by atoms with van der Waals surface area (Å²) in [5, 5.41) is 3.07. The van der Waals surface area contributed by atoms with E-state index in [2.05, 4.69) is 30.2 Å². The van der Waals surface area contributed by atoms with E-state index < -0.39 is 17.7 Å². The van der Waals surface area contributed by atoms with Gasteiger partial charge in [0, 0.05) is 39.5 Å². The van der Waals surface area contributed by atoms with Gasteiger partial charge in [0.25, 0.3) is 0 Å². The second-order valence-electron chi connectivity index (χ2n) is 7.35. The largest absolute Gasteiger partial charge is 0.382 e. The number of pyridine rings is 1. The van der Waals surface area contributed by atoms with Crippen molar-refractivity contribution < 1.29 is 18.3 Å². The number of hydrogen-bond acceptors (Lipinski definition) is 9. The van der Waals surface area contributed by atoms with Gasteiger partial charge in [-0.25, -0.2) is 13.8 Å². The van der Waals surface area contributed by atoms with Crippen LogP contribution >= 0.6 is 0 Å². The molecule has 1 aliphatic rings. The molecule has 4 rings (SSSR count). The summed E-state index contributed by atoms with van der Waals surface area (Å²) in [6.07, 6.45) is 4.95. The summed E-state index contributed by atoms with van der Waals surface area (Å²) >= 11 is 0. The van der Waals surface area contributed by atoms with Crippen LogP contribution in [0, 0.1) is 11.6 Å². The molecule has 12 heteroatoms. The molecule has 0 radical (unpaired) electrons. The summed E-state index contributed by atoms with van der Waals surface area (Å²) in [6, 6.07) is 0.0504. The summed E-state index contributed by atoms with van der Waals surface area (Å²) < 4.78 is 40.2. The Kier molecular flexibility index (Phi) is 6.81. The van der Waals surface area contributed by atoms with Crippen LogP contribution in [-0.2, 0) is 22.9 Å². The maximum absolute atomic E-state index is 14.4.